The molecule has 3 aromatic rings. The minimum Gasteiger partial charge on any atom is -0.391 e. The van der Waals surface area contributed by atoms with Gasteiger partial charge in [-0.05, 0) is 17.7 Å². The van der Waals surface area contributed by atoms with Crippen LogP contribution in [-0.2, 0) is 10.5 Å². The Bertz CT molecular complexity index is 788. The van der Waals surface area contributed by atoms with Crippen LogP contribution in [-0.4, -0.2) is 20.7 Å². The monoisotopic (exact) mass is 325 g/mol. The summed E-state index contributed by atoms with van der Waals surface area (Å²) < 4.78 is 6.71. The number of rotatable bonds is 5. The maximum Gasteiger partial charge on any atom is 0.328 e. The van der Waals surface area contributed by atoms with Crippen molar-refractivity contribution >= 4 is 17.7 Å². The van der Waals surface area contributed by atoms with E-state index in [9.17, 15) is 4.79 Å². The SMILES string of the molecule is CC(=O)Oc1nc(SCc2ccccc2)nn1-c1ccccc1. The molecule has 0 fully saturated rings. The van der Waals surface area contributed by atoms with Crippen LogP contribution in [0.4, 0.5) is 0 Å². The molecule has 0 saturated heterocycles. The van der Waals surface area contributed by atoms with Crippen molar-refractivity contribution in [3.8, 4) is 11.7 Å². The average Bonchev–Trinajstić information content (AvgIpc) is 2.97. The lowest BCUT2D eigenvalue weighted by atomic mass is 10.2. The molecular formula is C17H15N3O2S. The maximum atomic E-state index is 11.3. The van der Waals surface area contributed by atoms with Crippen molar-refractivity contribution in [1.29, 1.82) is 0 Å². The lowest BCUT2D eigenvalue weighted by molar-refractivity contribution is -0.132. The fourth-order valence-electron chi connectivity index (χ4n) is 2.00. The zero-order valence-electron chi connectivity index (χ0n) is 12.5. The van der Waals surface area contributed by atoms with Crippen LogP contribution < -0.4 is 4.74 Å². The summed E-state index contributed by atoms with van der Waals surface area (Å²) in [6.07, 6.45) is 0. The van der Waals surface area contributed by atoms with E-state index >= 15 is 0 Å². The van der Waals surface area contributed by atoms with Crippen molar-refractivity contribution in [3.05, 3.63) is 66.2 Å². The van der Waals surface area contributed by atoms with Gasteiger partial charge in [0.05, 0.1) is 5.69 Å². The largest absolute Gasteiger partial charge is 0.391 e. The molecular weight excluding hydrogens is 310 g/mol. The van der Waals surface area contributed by atoms with Gasteiger partial charge in [-0.25, -0.2) is 0 Å². The Kier molecular flexibility index (Phi) is 4.73. The van der Waals surface area contributed by atoms with E-state index in [-0.39, 0.29) is 6.01 Å². The molecule has 0 amide bonds. The maximum absolute atomic E-state index is 11.3. The highest BCUT2D eigenvalue weighted by atomic mass is 32.2. The number of esters is 1. The van der Waals surface area contributed by atoms with Gasteiger partial charge in [0, 0.05) is 12.7 Å². The van der Waals surface area contributed by atoms with Crippen molar-refractivity contribution in [2.45, 2.75) is 17.8 Å². The molecule has 0 atom stereocenters. The van der Waals surface area contributed by atoms with Gasteiger partial charge in [-0.1, -0.05) is 60.3 Å². The third-order valence-corrected chi connectivity index (χ3v) is 3.91. The van der Waals surface area contributed by atoms with Crippen LogP contribution >= 0.6 is 11.8 Å². The summed E-state index contributed by atoms with van der Waals surface area (Å²) in [5.74, 6) is 0.327. The van der Waals surface area contributed by atoms with Crippen LogP contribution in [0.3, 0.4) is 0 Å². The predicted molar refractivity (Wildman–Crippen MR) is 88.7 cm³/mol. The summed E-state index contributed by atoms with van der Waals surface area (Å²) in [5.41, 5.74) is 1.98. The third kappa shape index (κ3) is 3.98. The molecule has 0 aliphatic heterocycles. The molecule has 0 unspecified atom stereocenters. The first kappa shape index (κ1) is 15.3. The molecule has 1 aromatic heterocycles. The van der Waals surface area contributed by atoms with E-state index in [0.29, 0.717) is 5.16 Å². The molecule has 2 aromatic carbocycles. The van der Waals surface area contributed by atoms with Crippen molar-refractivity contribution in [3.63, 3.8) is 0 Å². The van der Waals surface area contributed by atoms with Crippen LogP contribution in [0.2, 0.25) is 0 Å². The molecule has 0 aliphatic carbocycles. The van der Waals surface area contributed by atoms with Crippen LogP contribution in [0.1, 0.15) is 12.5 Å². The minimum absolute atomic E-state index is 0.180. The van der Waals surface area contributed by atoms with Gasteiger partial charge in [0.15, 0.2) is 0 Å². The number of hydrogen-bond acceptors (Lipinski definition) is 5. The van der Waals surface area contributed by atoms with E-state index in [0.717, 1.165) is 11.4 Å². The van der Waals surface area contributed by atoms with Gasteiger partial charge in [0.25, 0.3) is 0 Å². The predicted octanol–water partition coefficient (Wildman–Crippen LogP) is 3.48. The standard InChI is InChI=1S/C17H15N3O2S/c1-13(21)22-17-18-16(23-12-14-8-4-2-5-9-14)19-20(17)15-10-6-3-7-11-15/h2-11H,12H2,1H3. The van der Waals surface area contributed by atoms with Crippen LogP contribution in [0.25, 0.3) is 5.69 Å². The molecule has 116 valence electrons. The molecule has 3 rings (SSSR count). The number of nitrogens with zero attached hydrogens (tertiary/aromatic N) is 3. The fourth-order valence-corrected chi connectivity index (χ4v) is 2.77. The molecule has 23 heavy (non-hydrogen) atoms. The molecule has 1 heterocycles. The summed E-state index contributed by atoms with van der Waals surface area (Å²) in [4.78, 5) is 15.6. The highest BCUT2D eigenvalue weighted by Crippen LogP contribution is 2.24. The second-order valence-corrected chi connectivity index (χ2v) is 5.73. The first-order valence-electron chi connectivity index (χ1n) is 7.10. The van der Waals surface area contributed by atoms with Gasteiger partial charge in [-0.3, -0.25) is 4.79 Å². The highest BCUT2D eigenvalue weighted by Gasteiger charge is 2.15. The lowest BCUT2D eigenvalue weighted by Gasteiger charge is -2.03. The van der Waals surface area contributed by atoms with Crippen molar-refractivity contribution < 1.29 is 9.53 Å². The highest BCUT2D eigenvalue weighted by molar-refractivity contribution is 7.98. The zero-order chi connectivity index (χ0) is 16.1. The van der Waals surface area contributed by atoms with E-state index in [1.807, 2.05) is 60.7 Å². The normalized spacial score (nSPS) is 10.5. The summed E-state index contributed by atoms with van der Waals surface area (Å²) in [7, 11) is 0. The number of thioether (sulfide) groups is 1. The average molecular weight is 325 g/mol. The molecule has 0 saturated carbocycles. The minimum atomic E-state index is -0.422. The van der Waals surface area contributed by atoms with Gasteiger partial charge in [-0.15, -0.1) is 5.10 Å². The second kappa shape index (κ2) is 7.11. The molecule has 0 radical (unpaired) electrons. The number of ether oxygens (including phenoxy) is 1. The molecule has 0 N–H and O–H groups in total. The summed E-state index contributed by atoms with van der Waals surface area (Å²) in [6.45, 7) is 1.35. The molecule has 0 bridgehead atoms. The summed E-state index contributed by atoms with van der Waals surface area (Å²) in [6, 6.07) is 19.7. The number of aromatic nitrogens is 3. The molecule has 0 spiro atoms. The number of hydrogen-bond donors (Lipinski definition) is 0. The number of carbonyl (C=O) groups is 1. The van der Waals surface area contributed by atoms with E-state index in [4.69, 9.17) is 4.74 Å². The lowest BCUT2D eigenvalue weighted by Crippen LogP contribution is -2.08. The van der Waals surface area contributed by atoms with E-state index in [1.165, 1.54) is 28.9 Å². The van der Waals surface area contributed by atoms with Gasteiger partial charge < -0.3 is 4.74 Å². The Morgan fingerprint density at radius 1 is 1.09 bits per heavy atom. The van der Waals surface area contributed by atoms with Crippen LogP contribution in [0.15, 0.2) is 65.8 Å². The van der Waals surface area contributed by atoms with Crippen LogP contribution in [0, 0.1) is 0 Å². The fraction of sp³-hybridized carbons (Fsp3) is 0.118. The number of benzene rings is 2. The van der Waals surface area contributed by atoms with E-state index in [2.05, 4.69) is 10.1 Å². The Hall–Kier alpha value is -2.60. The number of carbonyl (C=O) groups excluding carboxylic acids is 1. The van der Waals surface area contributed by atoms with E-state index in [1.54, 1.807) is 0 Å². The Balaban J connectivity index is 1.84. The molecule has 0 aliphatic rings. The van der Waals surface area contributed by atoms with Gasteiger partial charge >= 0.3 is 12.0 Å². The molecule has 6 heteroatoms. The van der Waals surface area contributed by atoms with Gasteiger partial charge in [0.1, 0.15) is 0 Å². The Morgan fingerprint density at radius 2 is 1.74 bits per heavy atom. The summed E-state index contributed by atoms with van der Waals surface area (Å²) >= 11 is 1.50. The third-order valence-electron chi connectivity index (χ3n) is 3.00. The van der Waals surface area contributed by atoms with Gasteiger partial charge in [0.2, 0.25) is 5.16 Å². The topological polar surface area (TPSA) is 57.0 Å². The van der Waals surface area contributed by atoms with Crippen molar-refractivity contribution in [2.24, 2.45) is 0 Å². The van der Waals surface area contributed by atoms with Crippen molar-refractivity contribution in [1.82, 2.24) is 14.8 Å². The first-order valence-corrected chi connectivity index (χ1v) is 8.08. The first-order chi connectivity index (χ1) is 11.2. The van der Waals surface area contributed by atoms with Crippen LogP contribution in [0.5, 0.6) is 6.01 Å². The zero-order valence-corrected chi connectivity index (χ0v) is 13.4. The second-order valence-electron chi connectivity index (χ2n) is 4.79. The van der Waals surface area contributed by atoms with E-state index < -0.39 is 5.97 Å². The quantitative estimate of drug-likeness (QED) is 0.531. The van der Waals surface area contributed by atoms with Crippen molar-refractivity contribution in [2.75, 3.05) is 0 Å². The number of para-hydroxylation sites is 1. The summed E-state index contributed by atoms with van der Waals surface area (Å²) in [5, 5.41) is 5.00. The molecule has 5 nitrogen and oxygen atoms in total. The Labute approximate surface area is 138 Å². The Morgan fingerprint density at radius 3 is 2.39 bits per heavy atom. The smallest absolute Gasteiger partial charge is 0.328 e. The van der Waals surface area contributed by atoms with Gasteiger partial charge in [-0.2, -0.15) is 9.67 Å².